The Morgan fingerprint density at radius 2 is 1.77 bits per heavy atom. The minimum atomic E-state index is -0.0643. The minimum Gasteiger partial charge on any atom is -0.349 e. The third kappa shape index (κ3) is 3.42. The molecule has 0 aliphatic carbocycles. The second-order valence-electron chi connectivity index (χ2n) is 6.25. The van der Waals surface area contributed by atoms with Crippen LogP contribution in [0.15, 0.2) is 61.2 Å². The first-order valence-electron chi connectivity index (χ1n) is 8.73. The third-order valence-corrected chi connectivity index (χ3v) is 4.57. The van der Waals surface area contributed by atoms with Gasteiger partial charge in [-0.2, -0.15) is 5.10 Å². The van der Waals surface area contributed by atoms with Crippen molar-refractivity contribution in [2.45, 2.75) is 18.9 Å². The molecule has 1 saturated heterocycles. The molecular weight excluding hydrogens is 328 g/mol. The maximum absolute atomic E-state index is 12.8. The van der Waals surface area contributed by atoms with Crippen LogP contribution in [0.2, 0.25) is 0 Å². The van der Waals surface area contributed by atoms with Crippen LogP contribution in [0.5, 0.6) is 0 Å². The molecule has 1 aliphatic rings. The van der Waals surface area contributed by atoms with E-state index in [0.29, 0.717) is 5.56 Å². The van der Waals surface area contributed by atoms with E-state index in [-0.39, 0.29) is 11.9 Å². The van der Waals surface area contributed by atoms with Crippen molar-refractivity contribution < 1.29 is 4.79 Å². The summed E-state index contributed by atoms with van der Waals surface area (Å²) in [5, 5.41) is 7.40. The van der Waals surface area contributed by atoms with Crippen LogP contribution in [0.4, 0.5) is 5.95 Å². The van der Waals surface area contributed by atoms with Gasteiger partial charge < -0.3 is 10.2 Å². The molecule has 0 bridgehead atoms. The van der Waals surface area contributed by atoms with Crippen LogP contribution in [-0.2, 0) is 0 Å². The fraction of sp³-hybridized carbons (Fsp3) is 0.263. The summed E-state index contributed by atoms with van der Waals surface area (Å²) in [6.45, 7) is 1.66. The Morgan fingerprint density at radius 1 is 1.00 bits per heavy atom. The molecule has 1 fully saturated rings. The Hall–Kier alpha value is -3.22. The summed E-state index contributed by atoms with van der Waals surface area (Å²) in [6, 6.07) is 11.3. The van der Waals surface area contributed by atoms with E-state index in [2.05, 4.69) is 25.3 Å². The van der Waals surface area contributed by atoms with Gasteiger partial charge in [-0.05, 0) is 37.1 Å². The van der Waals surface area contributed by atoms with Gasteiger partial charge >= 0.3 is 0 Å². The van der Waals surface area contributed by atoms with Crippen LogP contribution in [0.1, 0.15) is 23.2 Å². The number of para-hydroxylation sites is 1. The fourth-order valence-electron chi connectivity index (χ4n) is 3.22. The highest BCUT2D eigenvalue weighted by Gasteiger charge is 2.23. The number of hydrogen-bond acceptors (Lipinski definition) is 5. The SMILES string of the molecule is O=C(NC1CCN(c2ncccn2)CC1)c1ccccc1-n1cccn1. The molecule has 3 heterocycles. The van der Waals surface area contributed by atoms with Gasteiger partial charge in [0.15, 0.2) is 0 Å². The molecule has 1 amide bonds. The number of benzene rings is 1. The second-order valence-corrected chi connectivity index (χ2v) is 6.25. The first kappa shape index (κ1) is 16.3. The number of amides is 1. The van der Waals surface area contributed by atoms with Crippen molar-refractivity contribution in [2.75, 3.05) is 18.0 Å². The third-order valence-electron chi connectivity index (χ3n) is 4.57. The smallest absolute Gasteiger partial charge is 0.253 e. The molecule has 0 saturated carbocycles. The molecule has 0 unspecified atom stereocenters. The fourth-order valence-corrected chi connectivity index (χ4v) is 3.22. The molecule has 0 spiro atoms. The Morgan fingerprint density at radius 3 is 2.50 bits per heavy atom. The standard InChI is InChI=1S/C19H20N6O/c26-18(16-5-1-2-6-17(16)25-12-4-11-22-25)23-15-7-13-24(14-8-15)19-20-9-3-10-21-19/h1-6,9-12,15H,7-8,13-14H2,(H,23,26). The Balaban J connectivity index is 1.41. The minimum absolute atomic E-state index is 0.0643. The second kappa shape index (κ2) is 7.35. The average molecular weight is 348 g/mol. The van der Waals surface area contributed by atoms with Gasteiger partial charge in [0.25, 0.3) is 5.91 Å². The van der Waals surface area contributed by atoms with Gasteiger partial charge in [-0.1, -0.05) is 12.1 Å². The Kier molecular flexibility index (Phi) is 4.59. The summed E-state index contributed by atoms with van der Waals surface area (Å²) in [4.78, 5) is 23.5. The lowest BCUT2D eigenvalue weighted by molar-refractivity contribution is 0.0931. The largest absolute Gasteiger partial charge is 0.349 e. The molecule has 132 valence electrons. The van der Waals surface area contributed by atoms with Crippen LogP contribution >= 0.6 is 0 Å². The highest BCUT2D eigenvalue weighted by Crippen LogP contribution is 2.17. The maximum atomic E-state index is 12.8. The zero-order chi connectivity index (χ0) is 17.8. The summed E-state index contributed by atoms with van der Waals surface area (Å²) < 4.78 is 1.71. The van der Waals surface area contributed by atoms with Crippen molar-refractivity contribution in [2.24, 2.45) is 0 Å². The number of carbonyl (C=O) groups excluding carboxylic acids is 1. The summed E-state index contributed by atoms with van der Waals surface area (Å²) >= 11 is 0. The van der Waals surface area contributed by atoms with Crippen molar-refractivity contribution >= 4 is 11.9 Å². The van der Waals surface area contributed by atoms with E-state index in [4.69, 9.17) is 0 Å². The molecule has 1 aromatic carbocycles. The Labute approximate surface area is 151 Å². The van der Waals surface area contributed by atoms with Gasteiger partial charge in [-0.15, -0.1) is 0 Å². The van der Waals surface area contributed by atoms with Crippen molar-refractivity contribution in [3.63, 3.8) is 0 Å². The number of carbonyl (C=O) groups is 1. The molecule has 7 nitrogen and oxygen atoms in total. The van der Waals surface area contributed by atoms with Crippen molar-refractivity contribution in [3.8, 4) is 5.69 Å². The van der Waals surface area contributed by atoms with Gasteiger partial charge in [-0.25, -0.2) is 14.6 Å². The lowest BCUT2D eigenvalue weighted by atomic mass is 10.0. The lowest BCUT2D eigenvalue weighted by Gasteiger charge is -2.32. The van der Waals surface area contributed by atoms with Crippen molar-refractivity contribution in [3.05, 3.63) is 66.7 Å². The Bertz CT molecular complexity index is 857. The number of aromatic nitrogens is 4. The average Bonchev–Trinajstić information content (AvgIpc) is 3.24. The number of piperidine rings is 1. The van der Waals surface area contributed by atoms with Gasteiger partial charge in [0.2, 0.25) is 5.95 Å². The number of nitrogens with zero attached hydrogens (tertiary/aromatic N) is 5. The predicted octanol–water partition coefficient (Wildman–Crippen LogP) is 2.06. The molecule has 7 heteroatoms. The molecular formula is C19H20N6O. The number of hydrogen-bond donors (Lipinski definition) is 1. The quantitative estimate of drug-likeness (QED) is 0.781. The molecule has 4 rings (SSSR count). The summed E-state index contributed by atoms with van der Waals surface area (Å²) in [5.41, 5.74) is 1.41. The van der Waals surface area contributed by atoms with Crippen LogP contribution in [0.3, 0.4) is 0 Å². The normalized spacial score (nSPS) is 15.0. The summed E-state index contributed by atoms with van der Waals surface area (Å²) in [5.74, 6) is 0.687. The first-order valence-corrected chi connectivity index (χ1v) is 8.73. The highest BCUT2D eigenvalue weighted by atomic mass is 16.1. The van der Waals surface area contributed by atoms with E-state index >= 15 is 0 Å². The number of nitrogens with one attached hydrogen (secondary N) is 1. The monoisotopic (exact) mass is 348 g/mol. The molecule has 0 radical (unpaired) electrons. The molecule has 3 aromatic rings. The zero-order valence-electron chi connectivity index (χ0n) is 14.3. The molecule has 0 atom stereocenters. The van der Waals surface area contributed by atoms with Crippen LogP contribution in [0.25, 0.3) is 5.69 Å². The summed E-state index contributed by atoms with van der Waals surface area (Å²) in [7, 11) is 0. The molecule has 1 aliphatic heterocycles. The van der Waals surface area contributed by atoms with E-state index in [1.54, 1.807) is 23.3 Å². The van der Waals surface area contributed by atoms with E-state index in [1.807, 2.05) is 42.6 Å². The van der Waals surface area contributed by atoms with E-state index in [0.717, 1.165) is 37.6 Å². The van der Waals surface area contributed by atoms with E-state index in [1.165, 1.54) is 0 Å². The summed E-state index contributed by atoms with van der Waals surface area (Å²) in [6.07, 6.45) is 8.78. The van der Waals surface area contributed by atoms with Crippen molar-refractivity contribution in [1.29, 1.82) is 0 Å². The van der Waals surface area contributed by atoms with Crippen LogP contribution < -0.4 is 10.2 Å². The van der Waals surface area contributed by atoms with E-state index < -0.39 is 0 Å². The van der Waals surface area contributed by atoms with Crippen LogP contribution in [-0.4, -0.2) is 44.8 Å². The molecule has 1 N–H and O–H groups in total. The van der Waals surface area contributed by atoms with Gasteiger partial charge in [-0.3, -0.25) is 4.79 Å². The van der Waals surface area contributed by atoms with Gasteiger partial charge in [0.1, 0.15) is 0 Å². The van der Waals surface area contributed by atoms with Gasteiger partial charge in [0.05, 0.1) is 11.3 Å². The van der Waals surface area contributed by atoms with Crippen molar-refractivity contribution in [1.82, 2.24) is 25.1 Å². The zero-order valence-corrected chi connectivity index (χ0v) is 14.3. The first-order chi connectivity index (χ1) is 12.8. The molecule has 2 aromatic heterocycles. The highest BCUT2D eigenvalue weighted by molar-refractivity contribution is 5.97. The number of anilines is 1. The maximum Gasteiger partial charge on any atom is 0.253 e. The number of rotatable bonds is 4. The molecule has 26 heavy (non-hydrogen) atoms. The lowest BCUT2D eigenvalue weighted by Crippen LogP contribution is -2.45. The van der Waals surface area contributed by atoms with Gasteiger partial charge in [0, 0.05) is 43.9 Å². The van der Waals surface area contributed by atoms with E-state index in [9.17, 15) is 4.79 Å². The topological polar surface area (TPSA) is 75.9 Å². The van der Waals surface area contributed by atoms with Crippen LogP contribution in [0, 0.1) is 0 Å². The predicted molar refractivity (Wildman–Crippen MR) is 98.3 cm³/mol.